The van der Waals surface area contributed by atoms with Crippen LogP contribution < -0.4 is 4.74 Å². The van der Waals surface area contributed by atoms with Crippen LogP contribution in [0.15, 0.2) is 18.2 Å². The molecule has 0 unspecified atom stereocenters. The maximum Gasteiger partial charge on any atom is 0.0743 e. The molecular weight excluding hydrogens is 339 g/mol. The third kappa shape index (κ3) is 3.03. The first-order valence-corrected chi connectivity index (χ1v) is 2.85. The van der Waals surface area contributed by atoms with Crippen LogP contribution in [0.4, 0.5) is 0 Å². The molecule has 0 fully saturated rings. The van der Waals surface area contributed by atoms with Gasteiger partial charge in [0.25, 0.3) is 0 Å². The van der Waals surface area contributed by atoms with Gasteiger partial charge in [-0.2, -0.15) is 17.7 Å². The van der Waals surface area contributed by atoms with Gasteiger partial charge in [0.1, 0.15) is 0 Å². The monoisotopic (exact) mass is 348 g/mol. The summed E-state index contributed by atoms with van der Waals surface area (Å²) < 4.78 is 4.94. The number of aryl methyl sites for hydroxylation is 1. The van der Waals surface area contributed by atoms with E-state index in [0.29, 0.717) is 0 Å². The minimum Gasteiger partial charge on any atom is -0.523 e. The molecule has 0 aromatic heterocycles. The van der Waals surface area contributed by atoms with E-state index in [1.54, 1.807) is 7.11 Å². The summed E-state index contributed by atoms with van der Waals surface area (Å²) in [4.78, 5) is 0. The first kappa shape index (κ1) is 10.5. The van der Waals surface area contributed by atoms with Crippen molar-refractivity contribution in [1.82, 2.24) is 0 Å². The summed E-state index contributed by atoms with van der Waals surface area (Å²) in [5.74, 6) is 0.801. The fraction of sp³-hybridized carbons (Fsp3) is 0.250. The number of methoxy groups -OCH3 is 1. The largest absolute Gasteiger partial charge is 0.523 e. The van der Waals surface area contributed by atoms with Gasteiger partial charge in [0.05, 0.1) is 7.11 Å². The van der Waals surface area contributed by atoms with Crippen molar-refractivity contribution < 1.29 is 48.8 Å². The molecule has 0 aliphatic heterocycles. The summed E-state index contributed by atoms with van der Waals surface area (Å²) in [6.07, 6.45) is 0. The zero-order valence-electron chi connectivity index (χ0n) is 6.22. The number of hydrogen-bond acceptors (Lipinski definition) is 1. The van der Waals surface area contributed by atoms with Crippen molar-refractivity contribution in [1.29, 1.82) is 0 Å². The van der Waals surface area contributed by atoms with E-state index in [9.17, 15) is 0 Å². The van der Waals surface area contributed by atoms with Gasteiger partial charge in [0.15, 0.2) is 0 Å². The fourth-order valence-corrected chi connectivity index (χ4v) is 0.670. The molecule has 1 nitrogen and oxygen atoms in total. The van der Waals surface area contributed by atoms with Gasteiger partial charge in [-0.25, -0.2) is 0 Å². The van der Waals surface area contributed by atoms with Crippen LogP contribution in [-0.2, 0) is 0 Å². The molecule has 0 atom stereocenters. The standard InChI is InChI=1S/C8H9O.Ac/c1-7-4-3-5-8(6-7)9-2;/h3-4,6H,1-2H3;/q-1;. The van der Waals surface area contributed by atoms with E-state index >= 15 is 0 Å². The molecule has 0 saturated heterocycles. The van der Waals surface area contributed by atoms with E-state index in [1.807, 2.05) is 25.1 Å². The normalized spacial score (nSPS) is 8.20. The van der Waals surface area contributed by atoms with Crippen LogP contribution in [-0.4, -0.2) is 7.11 Å². The van der Waals surface area contributed by atoms with Crippen molar-refractivity contribution in [2.24, 2.45) is 0 Å². The molecule has 1 aromatic carbocycles. The van der Waals surface area contributed by atoms with Gasteiger partial charge in [0.2, 0.25) is 0 Å². The molecule has 1 rings (SSSR count). The van der Waals surface area contributed by atoms with Crippen LogP contribution in [0.1, 0.15) is 5.56 Å². The predicted octanol–water partition coefficient (Wildman–Crippen LogP) is 1.80. The van der Waals surface area contributed by atoms with Crippen molar-refractivity contribution in [2.45, 2.75) is 6.92 Å². The summed E-state index contributed by atoms with van der Waals surface area (Å²) in [7, 11) is 1.64. The second-order valence-electron chi connectivity index (χ2n) is 1.93. The molecule has 1 aromatic rings. The van der Waals surface area contributed by atoms with Crippen LogP contribution in [0.5, 0.6) is 5.75 Å². The molecule has 0 heterocycles. The van der Waals surface area contributed by atoms with E-state index in [0.717, 1.165) is 5.75 Å². The molecule has 1 radical (unpaired) electrons. The van der Waals surface area contributed by atoms with E-state index < -0.39 is 0 Å². The van der Waals surface area contributed by atoms with Crippen molar-refractivity contribution in [3.8, 4) is 5.75 Å². The average Bonchev–Trinajstić information content (AvgIpc) is 1.88. The Kier molecular flexibility index (Phi) is 5.39. The van der Waals surface area contributed by atoms with Crippen LogP contribution in [0.2, 0.25) is 0 Å². The molecule has 0 aliphatic rings. The van der Waals surface area contributed by atoms with Gasteiger partial charge < -0.3 is 4.74 Å². The Bertz CT molecular complexity index is 198. The van der Waals surface area contributed by atoms with Crippen molar-refractivity contribution in [2.75, 3.05) is 7.11 Å². The van der Waals surface area contributed by atoms with Crippen molar-refractivity contribution in [3.05, 3.63) is 29.8 Å². The smallest absolute Gasteiger partial charge is 0.0743 e. The van der Waals surface area contributed by atoms with Crippen molar-refractivity contribution >= 4 is 0 Å². The van der Waals surface area contributed by atoms with Gasteiger partial charge in [-0.15, -0.1) is 12.1 Å². The molecule has 51 valence electrons. The summed E-state index contributed by atoms with van der Waals surface area (Å²) >= 11 is 0. The van der Waals surface area contributed by atoms with Gasteiger partial charge in [-0.05, 0) is 0 Å². The number of benzene rings is 1. The molecular formula is C8H9AcO-. The number of hydrogen-bond donors (Lipinski definition) is 0. The molecule has 0 aliphatic carbocycles. The predicted molar refractivity (Wildman–Crippen MR) is 36.6 cm³/mol. The number of ether oxygens (including phenoxy) is 1. The summed E-state index contributed by atoms with van der Waals surface area (Å²) in [5, 5.41) is 0. The van der Waals surface area contributed by atoms with Gasteiger partial charge in [-0.3, -0.25) is 0 Å². The second-order valence-corrected chi connectivity index (χ2v) is 1.93. The topological polar surface area (TPSA) is 9.23 Å². The molecule has 0 N–H and O–H groups in total. The zero-order valence-corrected chi connectivity index (χ0v) is 11.0. The Morgan fingerprint density at radius 2 is 2.20 bits per heavy atom. The Hall–Kier alpha value is 0.462. The van der Waals surface area contributed by atoms with E-state index in [1.165, 1.54) is 5.56 Å². The first-order chi connectivity index (χ1) is 4.33. The van der Waals surface area contributed by atoms with Gasteiger partial charge in [0, 0.05) is 49.8 Å². The third-order valence-electron chi connectivity index (χ3n) is 1.15. The Morgan fingerprint density at radius 3 is 2.60 bits per heavy atom. The Morgan fingerprint density at radius 1 is 1.50 bits per heavy atom. The molecule has 10 heavy (non-hydrogen) atoms. The summed E-state index contributed by atoms with van der Waals surface area (Å²) in [6.45, 7) is 2.02. The summed E-state index contributed by atoms with van der Waals surface area (Å²) in [5.41, 5.74) is 1.20. The fourth-order valence-electron chi connectivity index (χ4n) is 0.670. The second kappa shape index (κ2) is 5.16. The van der Waals surface area contributed by atoms with E-state index in [2.05, 4.69) is 6.07 Å². The maximum absolute atomic E-state index is 4.94. The van der Waals surface area contributed by atoms with E-state index in [-0.39, 0.29) is 44.1 Å². The Labute approximate surface area is 97.3 Å². The summed E-state index contributed by atoms with van der Waals surface area (Å²) in [6, 6.07) is 8.73. The zero-order chi connectivity index (χ0) is 6.69. The van der Waals surface area contributed by atoms with Crippen molar-refractivity contribution in [3.63, 3.8) is 0 Å². The van der Waals surface area contributed by atoms with Crippen LogP contribution in [0.3, 0.4) is 0 Å². The third-order valence-corrected chi connectivity index (χ3v) is 1.15. The SMILES string of the molecule is COc1[c-]ccc(C)c1.[Ac]. The van der Waals surface area contributed by atoms with Gasteiger partial charge >= 0.3 is 0 Å². The molecule has 2 heteroatoms. The molecule has 0 amide bonds. The van der Waals surface area contributed by atoms with Crippen LogP contribution in [0.25, 0.3) is 0 Å². The van der Waals surface area contributed by atoms with Crippen LogP contribution >= 0.6 is 0 Å². The van der Waals surface area contributed by atoms with Gasteiger partial charge in [-0.1, -0.05) is 6.92 Å². The van der Waals surface area contributed by atoms with E-state index in [4.69, 9.17) is 4.74 Å². The first-order valence-electron chi connectivity index (χ1n) is 2.85. The molecule has 0 saturated carbocycles. The van der Waals surface area contributed by atoms with Crippen LogP contribution in [0, 0.1) is 57.1 Å². The molecule has 0 spiro atoms. The number of rotatable bonds is 1. The Balaban J connectivity index is 0.000000810. The average molecular weight is 348 g/mol. The minimum atomic E-state index is 0. The quantitative estimate of drug-likeness (QED) is 0.704. The minimum absolute atomic E-state index is 0. The maximum atomic E-state index is 4.94. The molecule has 0 bridgehead atoms.